The molecule has 8 nitrogen and oxygen atoms in total. The van der Waals surface area contributed by atoms with Crippen molar-refractivity contribution in [3.63, 3.8) is 0 Å². The largest absolute Gasteiger partial charge is 0.324 e. The fourth-order valence-corrected chi connectivity index (χ4v) is 2.86. The van der Waals surface area contributed by atoms with Crippen LogP contribution in [0, 0.1) is 22.9 Å². The van der Waals surface area contributed by atoms with Crippen LogP contribution in [0.4, 0.5) is 15.8 Å². The lowest BCUT2D eigenvalue weighted by Gasteiger charge is -2.25. The molecule has 1 heterocycles. The lowest BCUT2D eigenvalue weighted by molar-refractivity contribution is -0.384. The van der Waals surface area contributed by atoms with Crippen molar-refractivity contribution in [3.8, 4) is 11.3 Å². The van der Waals surface area contributed by atoms with Gasteiger partial charge in [0.2, 0.25) is 0 Å². The summed E-state index contributed by atoms with van der Waals surface area (Å²) in [6.07, 6.45) is 0. The van der Waals surface area contributed by atoms with Crippen molar-refractivity contribution < 1.29 is 14.1 Å². The molecule has 0 spiro atoms. The number of nitrogens with one attached hydrogen (secondary N) is 1. The molecular formula is C21H19FN4O4. The molecule has 0 atom stereocenters. The van der Waals surface area contributed by atoms with E-state index < -0.39 is 27.7 Å². The molecule has 0 unspecified atom stereocenters. The summed E-state index contributed by atoms with van der Waals surface area (Å²) >= 11 is 0. The van der Waals surface area contributed by atoms with Crippen molar-refractivity contribution in [1.82, 2.24) is 9.78 Å². The highest BCUT2D eigenvalue weighted by molar-refractivity contribution is 5.96. The first kappa shape index (κ1) is 20.8. The number of carbonyl (C=O) groups excluding carboxylic acids is 1. The Morgan fingerprint density at radius 3 is 2.40 bits per heavy atom. The maximum absolute atomic E-state index is 13.2. The summed E-state index contributed by atoms with van der Waals surface area (Å²) < 4.78 is 14.2. The van der Waals surface area contributed by atoms with Gasteiger partial charge in [-0.05, 0) is 62.7 Å². The molecule has 2 aromatic carbocycles. The maximum Gasteiger partial charge on any atom is 0.269 e. The number of carbonyl (C=O) groups is 1. The summed E-state index contributed by atoms with van der Waals surface area (Å²) in [6.45, 7) is 4.70. The highest BCUT2D eigenvalue weighted by atomic mass is 19.1. The number of aryl methyl sites for hydroxylation is 1. The summed E-state index contributed by atoms with van der Waals surface area (Å²) in [4.78, 5) is 35.8. The van der Waals surface area contributed by atoms with E-state index in [2.05, 4.69) is 10.4 Å². The lowest BCUT2D eigenvalue weighted by Crippen LogP contribution is -2.47. The quantitative estimate of drug-likeness (QED) is 0.510. The molecule has 0 saturated carbocycles. The van der Waals surface area contributed by atoms with Gasteiger partial charge in [-0.1, -0.05) is 0 Å². The van der Waals surface area contributed by atoms with Crippen LogP contribution in [-0.4, -0.2) is 20.6 Å². The number of anilines is 1. The van der Waals surface area contributed by atoms with Gasteiger partial charge in [0.25, 0.3) is 17.2 Å². The molecule has 1 aromatic heterocycles. The maximum atomic E-state index is 13.2. The Bertz CT molecular complexity index is 1190. The number of non-ortho nitro benzene ring substituents is 1. The molecule has 0 radical (unpaired) electrons. The predicted octanol–water partition coefficient (Wildman–Crippen LogP) is 3.64. The van der Waals surface area contributed by atoms with Crippen LogP contribution in [0.2, 0.25) is 0 Å². The zero-order chi connectivity index (χ0) is 22.1. The molecule has 3 aromatic rings. The van der Waals surface area contributed by atoms with Crippen LogP contribution < -0.4 is 10.9 Å². The van der Waals surface area contributed by atoms with E-state index in [0.717, 1.165) is 4.68 Å². The number of halogens is 1. The molecular weight excluding hydrogens is 391 g/mol. The Kier molecular flexibility index (Phi) is 5.46. The van der Waals surface area contributed by atoms with E-state index in [-0.39, 0.29) is 5.69 Å². The van der Waals surface area contributed by atoms with Crippen LogP contribution in [-0.2, 0) is 10.3 Å². The van der Waals surface area contributed by atoms with Gasteiger partial charge in [-0.3, -0.25) is 19.7 Å². The first-order valence-corrected chi connectivity index (χ1v) is 9.03. The van der Waals surface area contributed by atoms with Crippen LogP contribution in [0.1, 0.15) is 19.4 Å². The third-order valence-corrected chi connectivity index (χ3v) is 4.69. The Labute approximate surface area is 171 Å². The minimum Gasteiger partial charge on any atom is -0.324 e. The third-order valence-electron chi connectivity index (χ3n) is 4.69. The van der Waals surface area contributed by atoms with Crippen LogP contribution in [0.15, 0.2) is 59.4 Å². The fourth-order valence-electron chi connectivity index (χ4n) is 2.86. The monoisotopic (exact) mass is 410 g/mol. The van der Waals surface area contributed by atoms with Crippen molar-refractivity contribution in [2.24, 2.45) is 0 Å². The standard InChI is InChI=1S/C21H19FN4O4/c1-13-12-16(26(29)30)8-9-17(13)23-20(28)21(2,3)25-19(27)11-10-18(24-25)14-4-6-15(22)7-5-14/h4-12H,1-3H3,(H,23,28). The number of nitro groups is 1. The molecule has 1 N–H and O–H groups in total. The zero-order valence-corrected chi connectivity index (χ0v) is 16.5. The average molecular weight is 410 g/mol. The molecule has 0 bridgehead atoms. The SMILES string of the molecule is Cc1cc([N+](=O)[O-])ccc1NC(=O)C(C)(C)n1nc(-c2ccc(F)cc2)ccc1=O. The highest BCUT2D eigenvalue weighted by Crippen LogP contribution is 2.24. The first-order chi connectivity index (χ1) is 14.1. The summed E-state index contributed by atoms with van der Waals surface area (Å²) in [5, 5.41) is 17.9. The van der Waals surface area contributed by atoms with Gasteiger partial charge in [0.1, 0.15) is 11.4 Å². The summed E-state index contributed by atoms with van der Waals surface area (Å²) in [5.41, 5.74) is -0.0535. The molecule has 30 heavy (non-hydrogen) atoms. The van der Waals surface area contributed by atoms with Crippen molar-refractivity contribution >= 4 is 17.3 Å². The smallest absolute Gasteiger partial charge is 0.269 e. The van der Waals surface area contributed by atoms with Crippen molar-refractivity contribution in [3.05, 3.63) is 86.4 Å². The highest BCUT2D eigenvalue weighted by Gasteiger charge is 2.32. The number of rotatable bonds is 5. The Hall–Kier alpha value is -3.88. The molecule has 0 aliphatic heterocycles. The van der Waals surface area contributed by atoms with Gasteiger partial charge in [0.05, 0.1) is 10.6 Å². The second-order valence-electron chi connectivity index (χ2n) is 7.24. The second kappa shape index (κ2) is 7.86. The molecule has 3 rings (SSSR count). The summed E-state index contributed by atoms with van der Waals surface area (Å²) in [7, 11) is 0. The van der Waals surface area contributed by atoms with Crippen LogP contribution in [0.25, 0.3) is 11.3 Å². The van der Waals surface area contributed by atoms with E-state index in [0.29, 0.717) is 22.5 Å². The number of nitro benzene ring substituents is 1. The van der Waals surface area contributed by atoms with Gasteiger partial charge in [-0.2, -0.15) is 5.10 Å². The van der Waals surface area contributed by atoms with Crippen LogP contribution >= 0.6 is 0 Å². The molecule has 0 fully saturated rings. The molecule has 0 aliphatic rings. The molecule has 154 valence electrons. The normalized spacial score (nSPS) is 11.2. The second-order valence-corrected chi connectivity index (χ2v) is 7.24. The molecule has 9 heteroatoms. The first-order valence-electron chi connectivity index (χ1n) is 9.03. The van der Waals surface area contributed by atoms with Gasteiger partial charge < -0.3 is 5.32 Å². The van der Waals surface area contributed by atoms with Gasteiger partial charge in [-0.25, -0.2) is 9.07 Å². The van der Waals surface area contributed by atoms with Gasteiger partial charge >= 0.3 is 0 Å². The summed E-state index contributed by atoms with van der Waals surface area (Å²) in [6, 6.07) is 12.5. The number of nitrogens with zero attached hydrogens (tertiary/aromatic N) is 3. The predicted molar refractivity (Wildman–Crippen MR) is 110 cm³/mol. The van der Waals surface area contributed by atoms with Crippen molar-refractivity contribution in [2.45, 2.75) is 26.3 Å². The number of aromatic nitrogens is 2. The van der Waals surface area contributed by atoms with Crippen molar-refractivity contribution in [1.29, 1.82) is 0 Å². The molecule has 0 saturated heterocycles. The minimum atomic E-state index is -1.37. The van der Waals surface area contributed by atoms with E-state index >= 15 is 0 Å². The number of amides is 1. The summed E-state index contributed by atoms with van der Waals surface area (Å²) in [5.74, 6) is -0.921. The lowest BCUT2D eigenvalue weighted by atomic mass is 10.0. The Morgan fingerprint density at radius 1 is 1.13 bits per heavy atom. The van der Waals surface area contributed by atoms with Gasteiger partial charge in [-0.15, -0.1) is 0 Å². The van der Waals surface area contributed by atoms with Gasteiger partial charge in [0, 0.05) is 29.4 Å². The minimum absolute atomic E-state index is 0.0883. The fraction of sp³-hybridized carbons (Fsp3) is 0.190. The Balaban J connectivity index is 1.93. The topological polar surface area (TPSA) is 107 Å². The average Bonchev–Trinajstić information content (AvgIpc) is 2.70. The molecule has 0 aliphatic carbocycles. The third kappa shape index (κ3) is 4.09. The van der Waals surface area contributed by atoms with Crippen LogP contribution in [0.3, 0.4) is 0 Å². The van der Waals surface area contributed by atoms with Crippen molar-refractivity contribution in [2.75, 3.05) is 5.32 Å². The zero-order valence-electron chi connectivity index (χ0n) is 16.5. The number of benzene rings is 2. The van der Waals surface area contributed by atoms with E-state index in [4.69, 9.17) is 0 Å². The van der Waals surface area contributed by atoms with E-state index in [1.54, 1.807) is 6.92 Å². The molecule has 1 amide bonds. The number of hydrogen-bond acceptors (Lipinski definition) is 5. The van der Waals surface area contributed by atoms with Crippen LogP contribution in [0.5, 0.6) is 0 Å². The van der Waals surface area contributed by atoms with E-state index in [1.807, 2.05) is 0 Å². The van der Waals surface area contributed by atoms with Gasteiger partial charge in [0.15, 0.2) is 0 Å². The number of hydrogen-bond donors (Lipinski definition) is 1. The Morgan fingerprint density at radius 2 is 1.80 bits per heavy atom. The van der Waals surface area contributed by atoms with E-state index in [9.17, 15) is 24.1 Å². The van der Waals surface area contributed by atoms with E-state index in [1.165, 1.54) is 68.4 Å².